The summed E-state index contributed by atoms with van der Waals surface area (Å²) in [6.07, 6.45) is 0.583. The fourth-order valence-electron chi connectivity index (χ4n) is 2.27. The topological polar surface area (TPSA) is 71.9 Å². The monoisotopic (exact) mass is 326 g/mol. The molecular formula is C16H23FN2O4. The highest BCUT2D eigenvalue weighted by atomic mass is 19.1. The van der Waals surface area contributed by atoms with Crippen molar-refractivity contribution in [2.75, 3.05) is 13.1 Å². The van der Waals surface area contributed by atoms with Crippen molar-refractivity contribution >= 4 is 6.09 Å². The van der Waals surface area contributed by atoms with Crippen LogP contribution in [0.25, 0.3) is 0 Å². The molecule has 0 spiro atoms. The van der Waals surface area contributed by atoms with Gasteiger partial charge in [0.25, 0.3) is 5.88 Å². The van der Waals surface area contributed by atoms with Crippen molar-refractivity contribution in [1.82, 2.24) is 9.88 Å². The van der Waals surface area contributed by atoms with E-state index in [1.54, 1.807) is 4.90 Å². The van der Waals surface area contributed by atoms with E-state index in [-0.39, 0.29) is 24.7 Å². The third-order valence-electron chi connectivity index (χ3n) is 3.41. The van der Waals surface area contributed by atoms with E-state index in [1.807, 2.05) is 20.8 Å². The zero-order valence-electron chi connectivity index (χ0n) is 13.7. The van der Waals surface area contributed by atoms with Crippen molar-refractivity contribution in [2.45, 2.75) is 51.9 Å². The number of ether oxygens (including phenoxy) is 2. The van der Waals surface area contributed by atoms with Gasteiger partial charge in [-0.15, -0.1) is 0 Å². The number of hydrogen-bond donors (Lipinski definition) is 1. The average Bonchev–Trinajstić information content (AvgIpc) is 2.48. The number of aromatic nitrogens is 1. The van der Waals surface area contributed by atoms with Crippen LogP contribution >= 0.6 is 0 Å². The molecule has 1 N–H and O–H groups in total. The fraction of sp³-hybridized carbons (Fsp3) is 0.625. The Morgan fingerprint density at radius 2 is 2.04 bits per heavy atom. The van der Waals surface area contributed by atoms with Crippen molar-refractivity contribution in [3.63, 3.8) is 0 Å². The number of halogens is 1. The third kappa shape index (κ3) is 5.06. The first-order chi connectivity index (χ1) is 10.8. The summed E-state index contributed by atoms with van der Waals surface area (Å²) in [5.74, 6) is -0.663. The molecule has 0 saturated carbocycles. The van der Waals surface area contributed by atoms with E-state index < -0.39 is 11.4 Å². The molecule has 0 radical (unpaired) electrons. The maximum absolute atomic E-state index is 13.7. The zero-order valence-corrected chi connectivity index (χ0v) is 13.7. The molecule has 1 saturated heterocycles. The van der Waals surface area contributed by atoms with Gasteiger partial charge in [0.15, 0.2) is 5.82 Å². The second-order valence-corrected chi connectivity index (χ2v) is 6.53. The zero-order chi connectivity index (χ0) is 17.0. The quantitative estimate of drug-likeness (QED) is 0.924. The lowest BCUT2D eigenvalue weighted by Gasteiger charge is -2.33. The summed E-state index contributed by atoms with van der Waals surface area (Å²) < 4.78 is 24.6. The number of carbonyl (C=O) groups is 1. The Morgan fingerprint density at radius 1 is 1.39 bits per heavy atom. The Morgan fingerprint density at radius 3 is 2.61 bits per heavy atom. The van der Waals surface area contributed by atoms with E-state index in [9.17, 15) is 9.18 Å². The number of amides is 1. The summed E-state index contributed by atoms with van der Waals surface area (Å²) in [6.45, 7) is 6.17. The van der Waals surface area contributed by atoms with E-state index in [1.165, 1.54) is 12.1 Å². The highest BCUT2D eigenvalue weighted by molar-refractivity contribution is 5.68. The summed E-state index contributed by atoms with van der Waals surface area (Å²) in [6, 6.07) is 2.64. The van der Waals surface area contributed by atoms with Crippen LogP contribution in [0.1, 0.15) is 39.3 Å². The lowest BCUT2D eigenvalue weighted by Crippen LogP contribution is -2.44. The molecular weight excluding hydrogens is 303 g/mol. The minimum atomic E-state index is -0.559. The molecule has 1 amide bonds. The van der Waals surface area contributed by atoms with Crippen molar-refractivity contribution in [1.29, 1.82) is 0 Å². The van der Waals surface area contributed by atoms with Gasteiger partial charge >= 0.3 is 6.09 Å². The number of aliphatic hydroxyl groups excluding tert-OH is 1. The summed E-state index contributed by atoms with van der Waals surface area (Å²) in [7, 11) is 0. The molecule has 1 aromatic heterocycles. The Balaban J connectivity index is 1.89. The maximum Gasteiger partial charge on any atom is 0.410 e. The number of likely N-dealkylation sites (tertiary alicyclic amines) is 1. The molecule has 23 heavy (non-hydrogen) atoms. The van der Waals surface area contributed by atoms with Crippen LogP contribution in [0.3, 0.4) is 0 Å². The van der Waals surface area contributed by atoms with Crippen molar-refractivity contribution in [3.05, 3.63) is 23.6 Å². The maximum atomic E-state index is 13.7. The van der Waals surface area contributed by atoms with Gasteiger partial charge in [-0.25, -0.2) is 14.2 Å². The molecule has 0 unspecified atom stereocenters. The molecule has 0 aliphatic carbocycles. The fourth-order valence-corrected chi connectivity index (χ4v) is 2.27. The van der Waals surface area contributed by atoms with Crippen molar-refractivity contribution < 1.29 is 23.8 Å². The van der Waals surface area contributed by atoms with Crippen molar-refractivity contribution in [3.8, 4) is 5.88 Å². The first-order valence-electron chi connectivity index (χ1n) is 7.69. The number of piperidine rings is 1. The molecule has 7 heteroatoms. The van der Waals surface area contributed by atoms with E-state index in [0.29, 0.717) is 31.6 Å². The predicted molar refractivity (Wildman–Crippen MR) is 81.6 cm³/mol. The van der Waals surface area contributed by atoms with Crippen LogP contribution in [-0.4, -0.2) is 45.9 Å². The average molecular weight is 326 g/mol. The van der Waals surface area contributed by atoms with Gasteiger partial charge in [-0.2, -0.15) is 0 Å². The second kappa shape index (κ2) is 7.12. The van der Waals surface area contributed by atoms with Crippen LogP contribution in [0.5, 0.6) is 5.88 Å². The number of nitrogens with zero attached hydrogens (tertiary/aromatic N) is 2. The van der Waals surface area contributed by atoms with Gasteiger partial charge in [0, 0.05) is 25.9 Å². The normalized spacial score (nSPS) is 16.3. The van der Waals surface area contributed by atoms with Gasteiger partial charge in [-0.05, 0) is 32.9 Å². The smallest absolute Gasteiger partial charge is 0.410 e. The Kier molecular flexibility index (Phi) is 5.41. The first-order valence-corrected chi connectivity index (χ1v) is 7.69. The first kappa shape index (κ1) is 17.5. The van der Waals surface area contributed by atoms with E-state index >= 15 is 0 Å². The SMILES string of the molecule is CC(C)(C)OC(=O)N1CCC(Oc2nc(CO)ccc2F)CC1. The van der Waals surface area contributed by atoms with E-state index in [4.69, 9.17) is 14.6 Å². The third-order valence-corrected chi connectivity index (χ3v) is 3.41. The van der Waals surface area contributed by atoms with Crippen LogP contribution in [0.4, 0.5) is 9.18 Å². The van der Waals surface area contributed by atoms with Gasteiger partial charge in [0.2, 0.25) is 0 Å². The molecule has 6 nitrogen and oxygen atoms in total. The molecule has 0 aromatic carbocycles. The number of carbonyl (C=O) groups excluding carboxylic acids is 1. The largest absolute Gasteiger partial charge is 0.472 e. The summed E-state index contributed by atoms with van der Waals surface area (Å²) >= 11 is 0. The van der Waals surface area contributed by atoms with E-state index in [2.05, 4.69) is 4.98 Å². The highest BCUT2D eigenvalue weighted by Gasteiger charge is 2.28. The number of rotatable bonds is 3. The molecule has 128 valence electrons. The molecule has 1 fully saturated rings. The number of aliphatic hydroxyl groups is 1. The molecule has 2 heterocycles. The van der Waals surface area contributed by atoms with Crippen LogP contribution < -0.4 is 4.74 Å². The minimum Gasteiger partial charge on any atom is -0.472 e. The van der Waals surface area contributed by atoms with Crippen LogP contribution in [-0.2, 0) is 11.3 Å². The minimum absolute atomic E-state index is 0.104. The summed E-state index contributed by atoms with van der Waals surface area (Å²) in [5, 5.41) is 9.05. The lowest BCUT2D eigenvalue weighted by atomic mass is 10.1. The van der Waals surface area contributed by atoms with Crippen LogP contribution in [0.15, 0.2) is 12.1 Å². The van der Waals surface area contributed by atoms with Gasteiger partial charge < -0.3 is 19.5 Å². The van der Waals surface area contributed by atoms with Gasteiger partial charge in [-0.1, -0.05) is 0 Å². The molecule has 1 aromatic rings. The number of pyridine rings is 1. The molecule has 1 aliphatic rings. The van der Waals surface area contributed by atoms with Crippen LogP contribution in [0, 0.1) is 5.82 Å². The molecule has 1 aliphatic heterocycles. The lowest BCUT2D eigenvalue weighted by molar-refractivity contribution is 0.0119. The number of hydrogen-bond acceptors (Lipinski definition) is 5. The van der Waals surface area contributed by atoms with Crippen LogP contribution in [0.2, 0.25) is 0 Å². The van der Waals surface area contributed by atoms with E-state index in [0.717, 1.165) is 0 Å². The van der Waals surface area contributed by atoms with Gasteiger partial charge in [0.05, 0.1) is 12.3 Å². The highest BCUT2D eigenvalue weighted by Crippen LogP contribution is 2.22. The summed E-state index contributed by atoms with van der Waals surface area (Å²) in [5.41, 5.74) is -0.171. The Labute approximate surface area is 135 Å². The predicted octanol–water partition coefficient (Wildman–Crippen LogP) is 2.49. The summed E-state index contributed by atoms with van der Waals surface area (Å²) in [4.78, 5) is 17.5. The van der Waals surface area contributed by atoms with Gasteiger partial charge in [0.1, 0.15) is 11.7 Å². The van der Waals surface area contributed by atoms with Crippen molar-refractivity contribution in [2.24, 2.45) is 0 Å². The second-order valence-electron chi connectivity index (χ2n) is 6.53. The van der Waals surface area contributed by atoms with Gasteiger partial charge in [-0.3, -0.25) is 0 Å². The Bertz CT molecular complexity index is 552. The molecule has 2 rings (SSSR count). The molecule has 0 bridgehead atoms. The standard InChI is InChI=1S/C16H23FN2O4/c1-16(2,3)23-15(21)19-8-6-12(7-9-19)22-14-13(17)5-4-11(10-20)18-14/h4-5,12,20H,6-10H2,1-3H3. The molecule has 0 atom stereocenters. The Hall–Kier alpha value is -1.89.